The number of halogens is 1. The zero-order valence-corrected chi connectivity index (χ0v) is 8.29. The van der Waals surface area contributed by atoms with Crippen molar-refractivity contribution < 1.29 is 9.18 Å². The molecule has 1 saturated heterocycles. The first-order chi connectivity index (χ1) is 7.24. The summed E-state index contributed by atoms with van der Waals surface area (Å²) < 4.78 is 12.9. The molecule has 1 aliphatic rings. The Balaban J connectivity index is 1.99. The minimum absolute atomic E-state index is 0.00246. The maximum absolute atomic E-state index is 12.9. The predicted molar refractivity (Wildman–Crippen MR) is 54.9 cm³/mol. The molecule has 1 unspecified atom stereocenters. The number of rotatable bonds is 2. The Morgan fingerprint density at radius 1 is 1.47 bits per heavy atom. The minimum atomic E-state index is -0.234. The maximum atomic E-state index is 12.9. The van der Waals surface area contributed by atoms with Crippen LogP contribution in [0, 0.1) is 5.82 Å². The van der Waals surface area contributed by atoms with Crippen molar-refractivity contribution in [2.45, 2.75) is 12.5 Å². The Morgan fingerprint density at radius 2 is 2.33 bits per heavy atom. The number of hydrogen-bond donors (Lipinski definition) is 2. The highest BCUT2D eigenvalue weighted by atomic mass is 19.1. The second-order valence-corrected chi connectivity index (χ2v) is 3.73. The van der Waals surface area contributed by atoms with Gasteiger partial charge in [-0.05, 0) is 24.1 Å². The Morgan fingerprint density at radius 3 is 3.07 bits per heavy atom. The van der Waals surface area contributed by atoms with Gasteiger partial charge in [-0.2, -0.15) is 0 Å². The van der Waals surface area contributed by atoms with Crippen molar-refractivity contribution >= 4 is 5.91 Å². The lowest BCUT2D eigenvalue weighted by Crippen LogP contribution is -2.52. The van der Waals surface area contributed by atoms with Crippen LogP contribution >= 0.6 is 0 Å². The van der Waals surface area contributed by atoms with E-state index in [0.717, 1.165) is 12.1 Å². The fraction of sp³-hybridized carbons (Fsp3) is 0.364. The van der Waals surface area contributed by atoms with E-state index in [1.165, 1.54) is 12.1 Å². The molecule has 0 aliphatic carbocycles. The van der Waals surface area contributed by atoms with Gasteiger partial charge in [0.1, 0.15) is 5.82 Å². The maximum Gasteiger partial charge on any atom is 0.234 e. The molecule has 0 aromatic heterocycles. The van der Waals surface area contributed by atoms with Crippen LogP contribution in [0.3, 0.4) is 0 Å². The third kappa shape index (κ3) is 2.76. The van der Waals surface area contributed by atoms with Gasteiger partial charge in [-0.3, -0.25) is 4.79 Å². The quantitative estimate of drug-likeness (QED) is 0.741. The van der Waals surface area contributed by atoms with E-state index in [1.54, 1.807) is 6.07 Å². The molecule has 3 nitrogen and oxygen atoms in total. The van der Waals surface area contributed by atoms with Crippen molar-refractivity contribution in [3.8, 4) is 0 Å². The molecule has 15 heavy (non-hydrogen) atoms. The Hall–Kier alpha value is -1.42. The normalized spacial score (nSPS) is 21.1. The van der Waals surface area contributed by atoms with E-state index in [1.807, 2.05) is 6.07 Å². The van der Waals surface area contributed by atoms with E-state index in [-0.39, 0.29) is 17.8 Å². The van der Waals surface area contributed by atoms with Gasteiger partial charge in [0.15, 0.2) is 0 Å². The highest BCUT2D eigenvalue weighted by molar-refractivity contribution is 5.79. The molecule has 0 radical (unpaired) electrons. The molecule has 4 heteroatoms. The van der Waals surface area contributed by atoms with Crippen molar-refractivity contribution in [1.29, 1.82) is 0 Å². The molecule has 1 aromatic carbocycles. The molecule has 2 rings (SSSR count). The first-order valence-electron chi connectivity index (χ1n) is 4.98. The molecule has 0 bridgehead atoms. The highest BCUT2D eigenvalue weighted by Gasteiger charge is 2.17. The van der Waals surface area contributed by atoms with Crippen LogP contribution in [-0.2, 0) is 11.2 Å². The monoisotopic (exact) mass is 208 g/mol. The second-order valence-electron chi connectivity index (χ2n) is 3.73. The Kier molecular flexibility index (Phi) is 2.97. The first kappa shape index (κ1) is 10.1. The zero-order valence-electron chi connectivity index (χ0n) is 8.29. The number of hydrogen-bond acceptors (Lipinski definition) is 2. The number of carbonyl (C=O) groups excluding carboxylic acids is 1. The fourth-order valence-electron chi connectivity index (χ4n) is 1.76. The third-order valence-electron chi connectivity index (χ3n) is 2.41. The SMILES string of the molecule is O=C1CNCC(Cc2cccc(F)c2)N1. The lowest BCUT2D eigenvalue weighted by Gasteiger charge is -2.24. The van der Waals surface area contributed by atoms with Crippen molar-refractivity contribution in [3.63, 3.8) is 0 Å². The van der Waals surface area contributed by atoms with Crippen LogP contribution in [0.15, 0.2) is 24.3 Å². The van der Waals surface area contributed by atoms with Crippen LogP contribution in [0.4, 0.5) is 4.39 Å². The topological polar surface area (TPSA) is 41.1 Å². The average molecular weight is 208 g/mol. The van der Waals surface area contributed by atoms with Crippen molar-refractivity contribution in [2.75, 3.05) is 13.1 Å². The summed E-state index contributed by atoms with van der Waals surface area (Å²) in [4.78, 5) is 11.1. The molecule has 1 aromatic rings. The Bertz CT molecular complexity index is 367. The van der Waals surface area contributed by atoms with Gasteiger partial charge in [-0.1, -0.05) is 12.1 Å². The summed E-state index contributed by atoms with van der Waals surface area (Å²) in [6.45, 7) is 1.11. The van der Waals surface area contributed by atoms with E-state index < -0.39 is 0 Å². The van der Waals surface area contributed by atoms with Crippen LogP contribution in [0.2, 0.25) is 0 Å². The Labute approximate surface area is 87.7 Å². The molecule has 0 saturated carbocycles. The van der Waals surface area contributed by atoms with Gasteiger partial charge in [-0.15, -0.1) is 0 Å². The van der Waals surface area contributed by atoms with Crippen LogP contribution in [0.1, 0.15) is 5.56 Å². The fourth-order valence-corrected chi connectivity index (χ4v) is 1.76. The van der Waals surface area contributed by atoms with Crippen molar-refractivity contribution in [2.24, 2.45) is 0 Å². The standard InChI is InChI=1S/C11H13FN2O/c12-9-3-1-2-8(4-9)5-10-6-13-7-11(15)14-10/h1-4,10,13H,5-7H2,(H,14,15). The van der Waals surface area contributed by atoms with E-state index in [9.17, 15) is 9.18 Å². The summed E-state index contributed by atoms with van der Waals surface area (Å²) in [5.74, 6) is -0.231. The van der Waals surface area contributed by atoms with Crippen LogP contribution < -0.4 is 10.6 Å². The van der Waals surface area contributed by atoms with E-state index in [4.69, 9.17) is 0 Å². The summed E-state index contributed by atoms with van der Waals surface area (Å²) in [5, 5.41) is 5.87. The molecule has 1 heterocycles. The molecule has 2 N–H and O–H groups in total. The molecular formula is C11H13FN2O. The minimum Gasteiger partial charge on any atom is -0.351 e. The van der Waals surface area contributed by atoms with Crippen molar-refractivity contribution in [3.05, 3.63) is 35.6 Å². The molecule has 1 aliphatic heterocycles. The van der Waals surface area contributed by atoms with E-state index in [0.29, 0.717) is 13.0 Å². The summed E-state index contributed by atoms with van der Waals surface area (Å²) in [5.41, 5.74) is 0.906. The van der Waals surface area contributed by atoms with Crippen LogP contribution in [-0.4, -0.2) is 25.0 Å². The molecular weight excluding hydrogens is 195 g/mol. The highest BCUT2D eigenvalue weighted by Crippen LogP contribution is 2.07. The van der Waals surface area contributed by atoms with Gasteiger partial charge < -0.3 is 10.6 Å². The summed E-state index contributed by atoms with van der Waals surface area (Å²) in [7, 11) is 0. The van der Waals surface area contributed by atoms with Gasteiger partial charge in [0.25, 0.3) is 0 Å². The molecule has 1 amide bonds. The number of benzene rings is 1. The van der Waals surface area contributed by atoms with Gasteiger partial charge >= 0.3 is 0 Å². The van der Waals surface area contributed by atoms with Crippen molar-refractivity contribution in [1.82, 2.24) is 10.6 Å². The lowest BCUT2D eigenvalue weighted by atomic mass is 10.0. The number of carbonyl (C=O) groups is 1. The molecule has 0 spiro atoms. The van der Waals surface area contributed by atoms with E-state index >= 15 is 0 Å². The van der Waals surface area contributed by atoms with Gasteiger partial charge in [-0.25, -0.2) is 4.39 Å². The van der Waals surface area contributed by atoms with Crippen LogP contribution in [0.25, 0.3) is 0 Å². The zero-order chi connectivity index (χ0) is 10.7. The number of nitrogens with one attached hydrogen (secondary N) is 2. The van der Waals surface area contributed by atoms with Gasteiger partial charge in [0.2, 0.25) is 5.91 Å². The average Bonchev–Trinajstić information content (AvgIpc) is 2.17. The third-order valence-corrected chi connectivity index (χ3v) is 2.41. The van der Waals surface area contributed by atoms with Gasteiger partial charge in [0.05, 0.1) is 6.54 Å². The predicted octanol–water partition coefficient (Wildman–Crippen LogP) is 0.456. The largest absolute Gasteiger partial charge is 0.351 e. The molecule has 80 valence electrons. The number of amides is 1. The molecule has 1 atom stereocenters. The second kappa shape index (κ2) is 4.40. The van der Waals surface area contributed by atoms with Crippen LogP contribution in [0.5, 0.6) is 0 Å². The number of piperazine rings is 1. The molecule has 1 fully saturated rings. The summed E-state index contributed by atoms with van der Waals surface area (Å²) in [6.07, 6.45) is 0.663. The van der Waals surface area contributed by atoms with Gasteiger partial charge in [0, 0.05) is 12.6 Å². The summed E-state index contributed by atoms with van der Waals surface area (Å²) >= 11 is 0. The summed E-state index contributed by atoms with van der Waals surface area (Å²) in [6, 6.07) is 6.53. The lowest BCUT2D eigenvalue weighted by molar-refractivity contribution is -0.122. The van der Waals surface area contributed by atoms with E-state index in [2.05, 4.69) is 10.6 Å². The first-order valence-corrected chi connectivity index (χ1v) is 4.98. The smallest absolute Gasteiger partial charge is 0.234 e.